The summed E-state index contributed by atoms with van der Waals surface area (Å²) < 4.78 is 14.6. The fourth-order valence-electron chi connectivity index (χ4n) is 3.58. The summed E-state index contributed by atoms with van der Waals surface area (Å²) in [6.07, 6.45) is 0.362. The minimum absolute atomic E-state index is 0. The molecule has 0 spiro atoms. The number of hydrogen-bond acceptors (Lipinski definition) is 1. The first-order valence-electron chi connectivity index (χ1n) is 7.38. The Bertz CT molecular complexity index is 915. The Labute approximate surface area is 149 Å². The maximum absolute atomic E-state index is 14.6. The van der Waals surface area contributed by atoms with E-state index < -0.39 is 5.41 Å². The molecule has 1 nitrogen and oxygen atoms in total. The van der Waals surface area contributed by atoms with Gasteiger partial charge in [0.15, 0.2) is 0 Å². The van der Waals surface area contributed by atoms with Crippen molar-refractivity contribution in [2.45, 2.75) is 25.7 Å². The summed E-state index contributed by atoms with van der Waals surface area (Å²) in [7, 11) is 0. The molecule has 0 bridgehead atoms. The van der Waals surface area contributed by atoms with Crippen molar-refractivity contribution < 1.29 is 24.5 Å². The molecule has 0 atom stereocenters. The Kier molecular flexibility index (Phi) is 3.90. The number of halogens is 1. The third-order valence-electron chi connectivity index (χ3n) is 4.60. The summed E-state index contributed by atoms with van der Waals surface area (Å²) >= 11 is 0. The summed E-state index contributed by atoms with van der Waals surface area (Å²) in [5, 5.41) is 2.18. The average Bonchev–Trinajstić information content (AvgIpc) is 2.51. The molecule has 1 aliphatic rings. The van der Waals surface area contributed by atoms with Gasteiger partial charge in [-0.1, -0.05) is 37.6 Å². The second-order valence-electron chi connectivity index (χ2n) is 6.27. The average molecular weight is 481 g/mol. The van der Waals surface area contributed by atoms with E-state index >= 15 is 0 Å². The second-order valence-corrected chi connectivity index (χ2v) is 6.27. The van der Waals surface area contributed by atoms with Crippen LogP contribution in [0.2, 0.25) is 0 Å². The zero-order chi connectivity index (χ0) is 15.5. The van der Waals surface area contributed by atoms with Gasteiger partial charge in [0.1, 0.15) is 0 Å². The molecule has 0 aliphatic heterocycles. The molecule has 0 saturated carbocycles. The molecule has 1 aliphatic carbocycles. The van der Waals surface area contributed by atoms with Crippen molar-refractivity contribution in [3.8, 4) is 11.3 Å². The van der Waals surface area contributed by atoms with Crippen LogP contribution in [-0.4, -0.2) is 4.98 Å². The van der Waals surface area contributed by atoms with Crippen LogP contribution in [0.4, 0.5) is 4.39 Å². The Morgan fingerprint density at radius 1 is 1.26 bits per heavy atom. The molecule has 3 aromatic rings. The molecule has 2 aromatic carbocycles. The van der Waals surface area contributed by atoms with Gasteiger partial charge in [-0.3, -0.25) is 0 Å². The van der Waals surface area contributed by atoms with Gasteiger partial charge in [-0.05, 0) is 46.9 Å². The van der Waals surface area contributed by atoms with Gasteiger partial charge in [-0.15, -0.1) is 23.8 Å². The molecule has 0 unspecified atom stereocenters. The van der Waals surface area contributed by atoms with Gasteiger partial charge in [-0.2, -0.15) is 0 Å². The fourth-order valence-corrected chi connectivity index (χ4v) is 3.58. The van der Waals surface area contributed by atoms with Crippen molar-refractivity contribution in [1.29, 1.82) is 0 Å². The number of nitrogens with zero attached hydrogens (tertiary/aromatic N) is 1. The summed E-state index contributed by atoms with van der Waals surface area (Å²) in [4.78, 5) is 4.68. The van der Waals surface area contributed by atoms with E-state index in [2.05, 4.69) is 37.0 Å². The monoisotopic (exact) mass is 481 g/mol. The number of rotatable bonds is 1. The molecule has 0 amide bonds. The third-order valence-corrected chi connectivity index (χ3v) is 4.60. The Morgan fingerprint density at radius 3 is 2.78 bits per heavy atom. The van der Waals surface area contributed by atoms with Crippen molar-refractivity contribution in [2.24, 2.45) is 0 Å². The van der Waals surface area contributed by atoms with E-state index in [9.17, 15) is 4.39 Å². The van der Waals surface area contributed by atoms with E-state index in [4.69, 9.17) is 6.92 Å². The number of fused-ring (bicyclic) bond motifs is 2. The maximum Gasteiger partial charge on any atom is 0.0459 e. The van der Waals surface area contributed by atoms with Crippen molar-refractivity contribution in [3.05, 3.63) is 72.0 Å². The van der Waals surface area contributed by atoms with Crippen molar-refractivity contribution >= 4 is 10.8 Å². The zero-order valence-electron chi connectivity index (χ0n) is 12.9. The molecule has 3 radical (unpaired) electrons. The number of hydrogen-bond donors (Lipinski definition) is 0. The summed E-state index contributed by atoms with van der Waals surface area (Å²) in [6, 6.07) is 14.4. The van der Waals surface area contributed by atoms with Gasteiger partial charge in [0.2, 0.25) is 0 Å². The number of benzene rings is 2. The number of pyridine rings is 1. The molecule has 23 heavy (non-hydrogen) atoms. The van der Waals surface area contributed by atoms with Gasteiger partial charge in [-0.25, -0.2) is 4.39 Å². The largest absolute Gasteiger partial charge is 0.301 e. The number of aromatic nitrogens is 1. The molecule has 0 N–H and O–H groups in total. The van der Waals surface area contributed by atoms with Crippen LogP contribution >= 0.6 is 0 Å². The normalized spacial score (nSPS) is 14.3. The van der Waals surface area contributed by atoms with Crippen molar-refractivity contribution in [2.75, 3.05) is 0 Å². The van der Waals surface area contributed by atoms with Gasteiger partial charge in [0, 0.05) is 31.6 Å². The molecule has 3 heteroatoms. The quantitative estimate of drug-likeness (QED) is 0.459. The fraction of sp³-hybridized carbons (Fsp3) is 0.200. The van der Waals surface area contributed by atoms with Gasteiger partial charge >= 0.3 is 0 Å². The van der Waals surface area contributed by atoms with Crippen LogP contribution in [0.15, 0.2) is 36.4 Å². The van der Waals surface area contributed by atoms with Crippen LogP contribution in [0.3, 0.4) is 0 Å². The van der Waals surface area contributed by atoms with Gasteiger partial charge in [0.05, 0.1) is 0 Å². The van der Waals surface area contributed by atoms with Crippen molar-refractivity contribution in [3.63, 3.8) is 0 Å². The standard InChI is InChI=1S/C20H15FN.Ir/c1-4-13-11-12-7-5-9-15-17(12)19(22-13)14-8-6-10-16(21)18(14)20(15,2)3;/h1,5-7,9-11H,4H2,2-3H3;/q-1;. The van der Waals surface area contributed by atoms with Crippen LogP contribution in [0.25, 0.3) is 22.0 Å². The van der Waals surface area contributed by atoms with Gasteiger partial charge in [0.25, 0.3) is 0 Å². The maximum atomic E-state index is 14.6. The first-order chi connectivity index (χ1) is 10.5. The van der Waals surface area contributed by atoms with E-state index in [1.54, 1.807) is 6.07 Å². The SMILES string of the molecule is [CH]Cc1cc2cccc3c2c(n1)-c1[c-]ccc(F)c1C3(C)C.[Ir]. The molecule has 1 aromatic heterocycles. The molecule has 0 saturated heterocycles. The van der Waals surface area contributed by atoms with Crippen LogP contribution in [-0.2, 0) is 31.9 Å². The Balaban J connectivity index is 0.00000156. The summed E-state index contributed by atoms with van der Waals surface area (Å²) in [5.74, 6) is -0.207. The van der Waals surface area contributed by atoms with Crippen LogP contribution < -0.4 is 0 Å². The smallest absolute Gasteiger partial charge is 0.0459 e. The minimum atomic E-state index is -0.421. The molecule has 0 fully saturated rings. The third kappa shape index (κ3) is 2.18. The molecular weight excluding hydrogens is 465 g/mol. The van der Waals surface area contributed by atoms with E-state index in [0.29, 0.717) is 12.0 Å². The first kappa shape index (κ1) is 16.3. The van der Waals surface area contributed by atoms with Crippen LogP contribution in [0, 0.1) is 18.8 Å². The molecular formula is C20H15FIrN-. The Hall–Kier alpha value is -1.57. The summed E-state index contributed by atoms with van der Waals surface area (Å²) in [5.41, 5.74) is 3.70. The van der Waals surface area contributed by atoms with Crippen LogP contribution in [0.1, 0.15) is 30.7 Å². The Morgan fingerprint density at radius 2 is 2.04 bits per heavy atom. The van der Waals surface area contributed by atoms with Gasteiger partial charge < -0.3 is 4.98 Å². The topological polar surface area (TPSA) is 12.9 Å². The van der Waals surface area contributed by atoms with E-state index in [0.717, 1.165) is 33.3 Å². The molecule has 1 heterocycles. The minimum Gasteiger partial charge on any atom is -0.301 e. The predicted molar refractivity (Wildman–Crippen MR) is 86.1 cm³/mol. The van der Waals surface area contributed by atoms with Crippen LogP contribution in [0.5, 0.6) is 0 Å². The second kappa shape index (κ2) is 5.50. The van der Waals surface area contributed by atoms with E-state index in [-0.39, 0.29) is 25.9 Å². The molecule has 4 rings (SSSR count). The molecule has 117 valence electrons. The predicted octanol–water partition coefficient (Wildman–Crippen LogP) is 4.73. The van der Waals surface area contributed by atoms with E-state index in [1.807, 2.05) is 12.1 Å². The first-order valence-corrected chi connectivity index (χ1v) is 7.38. The summed E-state index contributed by atoms with van der Waals surface area (Å²) in [6.45, 7) is 9.88. The zero-order valence-corrected chi connectivity index (χ0v) is 15.3. The van der Waals surface area contributed by atoms with Crippen molar-refractivity contribution in [1.82, 2.24) is 4.98 Å². The van der Waals surface area contributed by atoms with E-state index in [1.165, 1.54) is 6.07 Å².